The van der Waals surface area contributed by atoms with Crippen LogP contribution in [0.15, 0.2) is 24.8 Å². The fraction of sp³-hybridized carbons (Fsp3) is 0.400. The van der Waals surface area contributed by atoms with Crippen LogP contribution < -0.4 is 10.6 Å². The zero-order valence-corrected chi connectivity index (χ0v) is 9.67. The van der Waals surface area contributed by atoms with Gasteiger partial charge in [-0.1, -0.05) is 5.21 Å². The second-order valence-electron chi connectivity index (χ2n) is 3.41. The summed E-state index contributed by atoms with van der Waals surface area (Å²) < 4.78 is 1.76. The summed E-state index contributed by atoms with van der Waals surface area (Å²) in [6, 6.07) is 0. The van der Waals surface area contributed by atoms with Crippen LogP contribution in [-0.4, -0.2) is 38.1 Å². The van der Waals surface area contributed by atoms with Crippen molar-refractivity contribution >= 4 is 11.6 Å². The highest BCUT2D eigenvalue weighted by atomic mass is 15.4. The number of nitrogens with one attached hydrogen (secondary N) is 2. The zero-order chi connectivity index (χ0) is 11.9. The fourth-order valence-corrected chi connectivity index (χ4v) is 1.37. The number of rotatable bonds is 6. The topological polar surface area (TPSA) is 80.5 Å². The molecule has 2 heterocycles. The standard InChI is InChI=1S/C10H15N7/c1-2-12-9-7-11-8-10(15-9)13-3-5-17-6-4-14-16-17/h4,6-8H,2-3,5H2,1H3,(H2,12,13,15). The van der Waals surface area contributed by atoms with Crippen molar-refractivity contribution in [3.05, 3.63) is 24.8 Å². The number of nitrogens with zero attached hydrogens (tertiary/aromatic N) is 5. The van der Waals surface area contributed by atoms with Gasteiger partial charge in [0.2, 0.25) is 0 Å². The molecular weight excluding hydrogens is 218 g/mol. The van der Waals surface area contributed by atoms with Gasteiger partial charge < -0.3 is 10.6 Å². The van der Waals surface area contributed by atoms with Crippen LogP contribution >= 0.6 is 0 Å². The Morgan fingerprint density at radius 3 is 2.76 bits per heavy atom. The van der Waals surface area contributed by atoms with Crippen LogP contribution in [0.2, 0.25) is 0 Å². The Hall–Kier alpha value is -2.18. The van der Waals surface area contributed by atoms with Crippen molar-refractivity contribution < 1.29 is 0 Å². The third kappa shape index (κ3) is 3.40. The van der Waals surface area contributed by atoms with Gasteiger partial charge in [0, 0.05) is 19.3 Å². The van der Waals surface area contributed by atoms with Crippen LogP contribution in [0.3, 0.4) is 0 Å². The predicted molar refractivity (Wildman–Crippen MR) is 64.7 cm³/mol. The maximum Gasteiger partial charge on any atom is 0.147 e. The Bertz CT molecular complexity index is 440. The van der Waals surface area contributed by atoms with Crippen molar-refractivity contribution in [2.45, 2.75) is 13.5 Å². The largest absolute Gasteiger partial charge is 0.369 e. The average molecular weight is 233 g/mol. The molecule has 90 valence electrons. The quantitative estimate of drug-likeness (QED) is 0.761. The lowest BCUT2D eigenvalue weighted by atomic mass is 10.5. The van der Waals surface area contributed by atoms with Crippen LogP contribution in [0, 0.1) is 0 Å². The summed E-state index contributed by atoms with van der Waals surface area (Å²) in [6.07, 6.45) is 6.88. The van der Waals surface area contributed by atoms with E-state index in [0.29, 0.717) is 0 Å². The molecule has 7 nitrogen and oxygen atoms in total. The molecule has 0 spiro atoms. The molecule has 7 heteroatoms. The van der Waals surface area contributed by atoms with Gasteiger partial charge >= 0.3 is 0 Å². The highest BCUT2D eigenvalue weighted by Gasteiger charge is 1.97. The Balaban J connectivity index is 1.84. The number of aromatic nitrogens is 5. The zero-order valence-electron chi connectivity index (χ0n) is 9.67. The first kappa shape index (κ1) is 11.3. The summed E-state index contributed by atoms with van der Waals surface area (Å²) in [7, 11) is 0. The van der Waals surface area contributed by atoms with Gasteiger partial charge in [-0.15, -0.1) is 5.10 Å². The van der Waals surface area contributed by atoms with Gasteiger partial charge in [-0.3, -0.25) is 9.67 Å². The summed E-state index contributed by atoms with van der Waals surface area (Å²) in [5, 5.41) is 13.9. The maximum atomic E-state index is 4.35. The minimum Gasteiger partial charge on any atom is -0.369 e. The van der Waals surface area contributed by atoms with Crippen molar-refractivity contribution in [1.29, 1.82) is 0 Å². The summed E-state index contributed by atoms with van der Waals surface area (Å²) in [5.74, 6) is 1.53. The minimum atomic E-state index is 0.730. The molecule has 0 aliphatic carbocycles. The average Bonchev–Trinajstić information content (AvgIpc) is 2.83. The van der Waals surface area contributed by atoms with Gasteiger partial charge in [-0.25, -0.2) is 4.98 Å². The molecule has 0 saturated heterocycles. The molecule has 0 aliphatic heterocycles. The van der Waals surface area contributed by atoms with Gasteiger partial charge in [-0.2, -0.15) is 0 Å². The van der Waals surface area contributed by atoms with E-state index in [1.54, 1.807) is 23.3 Å². The monoisotopic (exact) mass is 233 g/mol. The van der Waals surface area contributed by atoms with Gasteiger partial charge in [0.15, 0.2) is 0 Å². The fourth-order valence-electron chi connectivity index (χ4n) is 1.37. The van der Waals surface area contributed by atoms with Crippen molar-refractivity contribution in [3.8, 4) is 0 Å². The highest BCUT2D eigenvalue weighted by Crippen LogP contribution is 2.05. The van der Waals surface area contributed by atoms with Gasteiger partial charge in [0.1, 0.15) is 11.6 Å². The van der Waals surface area contributed by atoms with E-state index in [1.165, 1.54) is 0 Å². The van der Waals surface area contributed by atoms with Crippen LogP contribution in [0.1, 0.15) is 6.92 Å². The SMILES string of the molecule is CCNc1cncc(NCCn2ccnn2)n1. The summed E-state index contributed by atoms with van der Waals surface area (Å²) in [4.78, 5) is 8.45. The number of hydrogen-bond donors (Lipinski definition) is 2. The first-order chi connectivity index (χ1) is 8.38. The lowest BCUT2D eigenvalue weighted by Gasteiger charge is -2.07. The van der Waals surface area contributed by atoms with E-state index >= 15 is 0 Å². The van der Waals surface area contributed by atoms with Crippen LogP contribution in [0.4, 0.5) is 11.6 Å². The van der Waals surface area contributed by atoms with Crippen molar-refractivity contribution in [2.24, 2.45) is 0 Å². The number of hydrogen-bond acceptors (Lipinski definition) is 6. The van der Waals surface area contributed by atoms with E-state index in [1.807, 2.05) is 13.1 Å². The molecule has 0 fully saturated rings. The normalized spacial score (nSPS) is 10.2. The van der Waals surface area contributed by atoms with Gasteiger partial charge in [0.05, 0.1) is 25.1 Å². The molecule has 2 N–H and O–H groups in total. The third-order valence-electron chi connectivity index (χ3n) is 2.11. The van der Waals surface area contributed by atoms with Gasteiger partial charge in [0.25, 0.3) is 0 Å². The summed E-state index contributed by atoms with van der Waals surface area (Å²) >= 11 is 0. The van der Waals surface area contributed by atoms with E-state index in [2.05, 4.69) is 30.9 Å². The Kier molecular flexibility index (Phi) is 3.85. The molecule has 0 saturated carbocycles. The molecule has 0 aliphatic rings. The molecule has 2 aromatic heterocycles. The van der Waals surface area contributed by atoms with E-state index in [9.17, 15) is 0 Å². The molecule has 0 aromatic carbocycles. The molecule has 17 heavy (non-hydrogen) atoms. The Morgan fingerprint density at radius 1 is 1.24 bits per heavy atom. The van der Waals surface area contributed by atoms with Crippen molar-refractivity contribution in [2.75, 3.05) is 23.7 Å². The summed E-state index contributed by atoms with van der Waals surface area (Å²) in [6.45, 7) is 4.32. The molecule has 0 atom stereocenters. The lowest BCUT2D eigenvalue weighted by Crippen LogP contribution is -2.12. The van der Waals surface area contributed by atoms with E-state index in [0.717, 1.165) is 31.3 Å². The molecule has 0 bridgehead atoms. The van der Waals surface area contributed by atoms with Crippen molar-refractivity contribution in [1.82, 2.24) is 25.0 Å². The molecular formula is C10H15N7. The van der Waals surface area contributed by atoms with Crippen LogP contribution in [-0.2, 0) is 6.54 Å². The van der Waals surface area contributed by atoms with E-state index in [-0.39, 0.29) is 0 Å². The maximum absolute atomic E-state index is 4.35. The third-order valence-corrected chi connectivity index (χ3v) is 2.11. The van der Waals surface area contributed by atoms with Crippen LogP contribution in [0.25, 0.3) is 0 Å². The van der Waals surface area contributed by atoms with Gasteiger partial charge in [-0.05, 0) is 6.92 Å². The summed E-state index contributed by atoms with van der Waals surface area (Å²) in [5.41, 5.74) is 0. The molecule has 0 amide bonds. The first-order valence-corrected chi connectivity index (χ1v) is 5.52. The van der Waals surface area contributed by atoms with Crippen molar-refractivity contribution in [3.63, 3.8) is 0 Å². The molecule has 2 rings (SSSR count). The minimum absolute atomic E-state index is 0.730. The number of anilines is 2. The van der Waals surface area contributed by atoms with Crippen LogP contribution in [0.5, 0.6) is 0 Å². The second kappa shape index (κ2) is 5.78. The molecule has 0 radical (unpaired) electrons. The Labute approximate surface area is 99.3 Å². The van der Waals surface area contributed by atoms with E-state index in [4.69, 9.17) is 0 Å². The Morgan fingerprint density at radius 2 is 2.06 bits per heavy atom. The smallest absolute Gasteiger partial charge is 0.147 e. The first-order valence-electron chi connectivity index (χ1n) is 5.52. The molecule has 0 unspecified atom stereocenters. The molecule has 2 aromatic rings. The predicted octanol–water partition coefficient (Wildman–Crippen LogP) is 0.612. The lowest BCUT2D eigenvalue weighted by molar-refractivity contribution is 0.608. The highest BCUT2D eigenvalue weighted by molar-refractivity contribution is 5.41. The second-order valence-corrected chi connectivity index (χ2v) is 3.41. The van der Waals surface area contributed by atoms with E-state index < -0.39 is 0 Å².